The molecule has 4 nitrogen and oxygen atoms in total. The fourth-order valence-corrected chi connectivity index (χ4v) is 6.29. The molecule has 66 heavy (non-hydrogen) atoms. The van der Waals surface area contributed by atoms with Gasteiger partial charge in [-0.15, -0.1) is 0 Å². The molecular weight excluding hydrogens is 1300 g/mol. The lowest BCUT2D eigenvalue weighted by molar-refractivity contribution is -0.385. The minimum absolute atomic E-state index is 0.0675. The summed E-state index contributed by atoms with van der Waals surface area (Å²) in [6, 6.07) is 18.0. The number of ketones is 1. The second kappa shape index (κ2) is 32.7. The molecule has 22 heteroatoms. The molecule has 0 unspecified atom stereocenters. The number of halogens is 18. The van der Waals surface area contributed by atoms with E-state index in [9.17, 15) is 67.6 Å². The van der Waals surface area contributed by atoms with Crippen molar-refractivity contribution in [2.75, 3.05) is 10.7 Å². The van der Waals surface area contributed by atoms with Crippen LogP contribution in [-0.4, -0.2) is 21.4 Å². The summed E-state index contributed by atoms with van der Waals surface area (Å²) in [5.74, 6) is -3.73. The lowest BCUT2D eigenvalue weighted by Gasteiger charge is -2.13. The highest BCUT2D eigenvalue weighted by atomic mass is 79.9. The molecule has 0 atom stereocenters. The molecule has 362 valence electrons. The Morgan fingerprint density at radius 3 is 1.47 bits per heavy atom. The average molecular weight is 1340 g/mol. The number of rotatable bonds is 9. The van der Waals surface area contributed by atoms with Crippen molar-refractivity contribution >= 4 is 107 Å². The normalized spacial score (nSPS) is 10.4. The summed E-state index contributed by atoms with van der Waals surface area (Å²) in [5.41, 5.74) is 0.433. The Hall–Kier alpha value is -3.05. The fourth-order valence-electron chi connectivity index (χ4n) is 4.34. The summed E-state index contributed by atoms with van der Waals surface area (Å²) in [4.78, 5) is 21.1. The molecule has 0 aliphatic heterocycles. The predicted molar refractivity (Wildman–Crippen MR) is 255 cm³/mol. The second-order valence-corrected chi connectivity index (χ2v) is 16.4. The van der Waals surface area contributed by atoms with Gasteiger partial charge in [0, 0.05) is 44.3 Å². The van der Waals surface area contributed by atoms with Gasteiger partial charge in [-0.25, -0.2) is 26.3 Å². The summed E-state index contributed by atoms with van der Waals surface area (Å²) in [6.45, 7) is 4.23. The number of benzene rings is 5. The van der Waals surface area contributed by atoms with E-state index >= 15 is 0 Å². The first-order valence-corrected chi connectivity index (χ1v) is 24.9. The zero-order valence-electron chi connectivity index (χ0n) is 34.2. The lowest BCUT2D eigenvalue weighted by Crippen LogP contribution is -2.11. The van der Waals surface area contributed by atoms with E-state index in [0.29, 0.717) is 39.2 Å². The van der Waals surface area contributed by atoms with Crippen LogP contribution in [0.2, 0.25) is 0 Å². The van der Waals surface area contributed by atoms with Gasteiger partial charge in [0.2, 0.25) is 0 Å². The first-order valence-electron chi connectivity index (χ1n) is 18.1. The predicted octanol–water partition coefficient (Wildman–Crippen LogP) is 18.1. The van der Waals surface area contributed by atoms with Crippen molar-refractivity contribution in [3.63, 3.8) is 0 Å². The molecule has 0 saturated carbocycles. The first-order chi connectivity index (χ1) is 30.8. The van der Waals surface area contributed by atoms with Gasteiger partial charge in [-0.2, -0.15) is 26.3 Å². The Morgan fingerprint density at radius 2 is 1.08 bits per heavy atom. The fraction of sp³-hybridized carbons (Fsp3) is 0.250. The van der Waals surface area contributed by atoms with Crippen LogP contribution in [0.4, 0.5) is 58.4 Å². The van der Waals surface area contributed by atoms with Gasteiger partial charge in [-0.05, 0) is 104 Å². The third-order valence-electron chi connectivity index (χ3n) is 7.35. The van der Waals surface area contributed by atoms with Gasteiger partial charge in [0.15, 0.2) is 17.4 Å². The highest BCUT2D eigenvalue weighted by molar-refractivity contribution is 9.09. The van der Waals surface area contributed by atoms with Crippen molar-refractivity contribution in [3.05, 3.63) is 193 Å². The zero-order chi connectivity index (χ0) is 50.8. The van der Waals surface area contributed by atoms with Crippen LogP contribution in [-0.2, 0) is 33.7 Å². The van der Waals surface area contributed by atoms with Crippen molar-refractivity contribution in [2.24, 2.45) is 0 Å². The highest BCUT2D eigenvalue weighted by Gasteiger charge is 2.36. The standard InChI is InChI=1S/C9H5BrF6.C8H6BrNO3.3C7H5BrF2.C6H11Br/c10-4-5-1-6(8(11,12)13)3-7(2-5)9(14,15)16;9-5-8(11)6-3-1-2-4-7(6)10(12)13;8-4-5-1-6(9)3-7(10)2-5;8-4-5-3-6(9)1-2-7(5)10;8-4-5-1-2-6(9)7(10)3-5;1-6(2)4-3-5-7/h1-3H,4H2;1-4H,5H2;3*1-3H,4H2;4H,3,5H2,1-2H3. The molecule has 0 N–H and O–H groups in total. The average Bonchev–Trinajstić information content (AvgIpc) is 3.27. The maximum atomic E-state index is 12.6. The molecule has 5 aromatic rings. The van der Waals surface area contributed by atoms with Crippen LogP contribution in [0.3, 0.4) is 0 Å². The van der Waals surface area contributed by atoms with Gasteiger partial charge in [-0.3, -0.25) is 14.9 Å². The van der Waals surface area contributed by atoms with Crippen LogP contribution in [0.1, 0.15) is 64.0 Å². The molecule has 0 bridgehead atoms. The molecular formula is C44H37Br6F12NO3. The Kier molecular flexibility index (Phi) is 31.1. The molecule has 0 fully saturated rings. The Balaban J connectivity index is 0.000000782. The van der Waals surface area contributed by atoms with E-state index in [1.54, 1.807) is 6.07 Å². The highest BCUT2D eigenvalue weighted by Crippen LogP contribution is 2.36. The van der Waals surface area contributed by atoms with Gasteiger partial charge in [0.1, 0.15) is 23.3 Å². The monoisotopic (exact) mass is 1330 g/mol. The largest absolute Gasteiger partial charge is 0.416 e. The quantitative estimate of drug-likeness (QED) is 0.0369. The van der Waals surface area contributed by atoms with Crippen molar-refractivity contribution in [2.45, 2.75) is 53.9 Å². The van der Waals surface area contributed by atoms with E-state index in [2.05, 4.69) is 116 Å². The summed E-state index contributed by atoms with van der Waals surface area (Å²) >= 11 is 18.4. The van der Waals surface area contributed by atoms with E-state index < -0.39 is 57.5 Å². The molecule has 0 aromatic heterocycles. The van der Waals surface area contributed by atoms with Crippen molar-refractivity contribution in [3.8, 4) is 0 Å². The van der Waals surface area contributed by atoms with E-state index in [4.69, 9.17) is 0 Å². The number of hydrogen-bond donors (Lipinski definition) is 0. The van der Waals surface area contributed by atoms with Gasteiger partial charge >= 0.3 is 12.4 Å². The van der Waals surface area contributed by atoms with E-state index in [-0.39, 0.29) is 45.1 Å². The van der Waals surface area contributed by atoms with Crippen molar-refractivity contribution < 1.29 is 62.4 Å². The maximum absolute atomic E-state index is 12.6. The van der Waals surface area contributed by atoms with Gasteiger partial charge in [0.25, 0.3) is 5.69 Å². The number of nitrogens with zero attached hydrogens (tertiary/aromatic N) is 1. The van der Waals surface area contributed by atoms with E-state index in [0.717, 1.165) is 41.6 Å². The van der Waals surface area contributed by atoms with E-state index in [1.165, 1.54) is 54.1 Å². The number of alkyl halides is 12. The van der Waals surface area contributed by atoms with Gasteiger partial charge in [0.05, 0.1) is 26.9 Å². The first kappa shape index (κ1) is 63.0. The van der Waals surface area contributed by atoms with Crippen LogP contribution < -0.4 is 0 Å². The third kappa shape index (κ3) is 25.9. The SMILES string of the molecule is CC(C)=CCCBr.FC(F)(F)c1cc(CBr)cc(C(F)(F)F)c1.Fc1cc(F)cc(CBr)c1.Fc1ccc(CBr)cc1F.Fc1ccc(F)c(CBr)c1.O=C(CBr)c1ccccc1[N+](=O)[O-]. The number of hydrogen-bond acceptors (Lipinski definition) is 3. The third-order valence-corrected chi connectivity index (χ3v) is 10.9. The molecule has 0 spiro atoms. The molecule has 5 rings (SSSR count). The Morgan fingerprint density at radius 1 is 0.576 bits per heavy atom. The smallest absolute Gasteiger partial charge is 0.293 e. The number of carbonyl (C=O) groups excluding carboxylic acids is 1. The summed E-state index contributed by atoms with van der Waals surface area (Å²) < 4.78 is 148. The number of carbonyl (C=O) groups is 1. The van der Waals surface area contributed by atoms with Crippen molar-refractivity contribution in [1.82, 2.24) is 0 Å². The van der Waals surface area contributed by atoms with Gasteiger partial charge in [-0.1, -0.05) is 125 Å². The molecule has 0 amide bonds. The molecule has 0 heterocycles. The minimum atomic E-state index is -4.78. The van der Waals surface area contributed by atoms with Crippen LogP contribution in [0.25, 0.3) is 0 Å². The van der Waals surface area contributed by atoms with Crippen LogP contribution >= 0.6 is 95.6 Å². The number of nitro benzene ring substituents is 1. The lowest BCUT2D eigenvalue weighted by atomic mass is 10.1. The van der Waals surface area contributed by atoms with E-state index in [1.807, 2.05) is 0 Å². The number of nitro groups is 1. The topological polar surface area (TPSA) is 60.2 Å². The van der Waals surface area contributed by atoms with Crippen molar-refractivity contribution in [1.29, 1.82) is 0 Å². The van der Waals surface area contributed by atoms with Gasteiger partial charge < -0.3 is 0 Å². The van der Waals surface area contributed by atoms with Crippen LogP contribution in [0.15, 0.2) is 109 Å². The zero-order valence-corrected chi connectivity index (χ0v) is 43.8. The number of Topliss-reactive ketones (excluding diaryl/α,β-unsaturated/α-hetero) is 1. The summed E-state index contributed by atoms with van der Waals surface area (Å²) in [7, 11) is 0. The molecule has 0 saturated heterocycles. The van der Waals surface area contributed by atoms with Crippen LogP contribution in [0, 0.1) is 45.0 Å². The Labute approximate surface area is 423 Å². The summed E-state index contributed by atoms with van der Waals surface area (Å²) in [5, 5.41) is 13.0. The second-order valence-electron chi connectivity index (χ2n) is 12.8. The summed E-state index contributed by atoms with van der Waals surface area (Å²) in [6.07, 6.45) is -6.19. The Bertz CT molecular complexity index is 2260. The molecule has 5 aromatic carbocycles. The maximum Gasteiger partial charge on any atom is 0.416 e. The minimum Gasteiger partial charge on any atom is -0.293 e. The number of para-hydroxylation sites is 1. The molecule has 0 radical (unpaired) electrons. The van der Waals surface area contributed by atoms with Crippen LogP contribution in [0.5, 0.6) is 0 Å². The number of allylic oxidation sites excluding steroid dienone is 2. The molecule has 0 aliphatic carbocycles. The molecule has 0 aliphatic rings.